The maximum atomic E-state index is 11.4. The first-order chi connectivity index (χ1) is 14.2. The number of unbranched alkanes of at least 4 members (excludes halogenated alkanes) is 2. The number of nitrogens with zero attached hydrogens (tertiary/aromatic N) is 1. The lowest BCUT2D eigenvalue weighted by atomic mass is 10.00. The zero-order valence-corrected chi connectivity index (χ0v) is 18.7. The third-order valence-corrected chi connectivity index (χ3v) is 5.08. The van der Waals surface area contributed by atoms with Crippen molar-refractivity contribution in [3.63, 3.8) is 0 Å². The van der Waals surface area contributed by atoms with Crippen LogP contribution in [-0.2, 0) is 20.7 Å². The lowest BCUT2D eigenvalue weighted by Gasteiger charge is -2.26. The van der Waals surface area contributed by atoms with Gasteiger partial charge in [0.05, 0.1) is 26.4 Å². The zero-order valence-electron chi connectivity index (χ0n) is 18.7. The number of ether oxygens (including phenoxy) is 3. The second-order valence-corrected chi connectivity index (χ2v) is 7.26. The Kier molecular flexibility index (Phi) is 14.2. The maximum absolute atomic E-state index is 11.4. The van der Waals surface area contributed by atoms with E-state index in [0.717, 1.165) is 89.3 Å². The molecule has 0 radical (unpaired) electrons. The predicted octanol–water partition coefficient (Wildman–Crippen LogP) is 3.59. The van der Waals surface area contributed by atoms with Crippen LogP contribution in [0.5, 0.6) is 5.75 Å². The summed E-state index contributed by atoms with van der Waals surface area (Å²) >= 11 is 0. The molecule has 6 nitrogen and oxygen atoms in total. The Labute approximate surface area is 176 Å². The van der Waals surface area contributed by atoms with Gasteiger partial charge in [-0.25, -0.2) is 0 Å². The number of hydrogen-bond donors (Lipinski definition) is 1. The summed E-state index contributed by atoms with van der Waals surface area (Å²) < 4.78 is 15.6. The van der Waals surface area contributed by atoms with E-state index in [9.17, 15) is 4.79 Å². The van der Waals surface area contributed by atoms with Crippen LogP contribution in [0.4, 0.5) is 0 Å². The average Bonchev–Trinajstić information content (AvgIpc) is 2.78. The molecular weight excluding hydrogens is 368 g/mol. The summed E-state index contributed by atoms with van der Waals surface area (Å²) in [5.41, 5.74) is 2.37. The van der Waals surface area contributed by atoms with Gasteiger partial charge in [0.1, 0.15) is 5.75 Å². The molecule has 1 aromatic rings. The topological polar surface area (TPSA) is 60.0 Å². The molecule has 0 aromatic heterocycles. The first kappa shape index (κ1) is 25.4. The van der Waals surface area contributed by atoms with E-state index in [2.05, 4.69) is 31.3 Å². The average molecular weight is 409 g/mol. The van der Waals surface area contributed by atoms with Crippen LogP contribution in [0.3, 0.4) is 0 Å². The number of rotatable bonds is 12. The van der Waals surface area contributed by atoms with Crippen molar-refractivity contribution in [2.24, 2.45) is 0 Å². The predicted molar refractivity (Wildman–Crippen MR) is 118 cm³/mol. The fourth-order valence-corrected chi connectivity index (χ4v) is 3.20. The fraction of sp³-hybridized carbons (Fsp3) is 0.696. The number of benzene rings is 1. The molecule has 0 spiro atoms. The Bertz CT molecular complexity index is 538. The molecule has 0 aliphatic carbocycles. The van der Waals surface area contributed by atoms with E-state index in [1.807, 2.05) is 11.0 Å². The van der Waals surface area contributed by atoms with Crippen LogP contribution >= 0.6 is 0 Å². The summed E-state index contributed by atoms with van der Waals surface area (Å²) in [7, 11) is 3.43. The molecule has 1 aliphatic heterocycles. The molecule has 29 heavy (non-hydrogen) atoms. The highest BCUT2D eigenvalue weighted by atomic mass is 16.5. The van der Waals surface area contributed by atoms with E-state index in [1.165, 1.54) is 5.56 Å². The van der Waals surface area contributed by atoms with Crippen LogP contribution in [0.1, 0.15) is 56.7 Å². The molecule has 2 rings (SSSR count). The third kappa shape index (κ3) is 10.1. The normalized spacial score (nSPS) is 14.5. The molecule has 1 unspecified atom stereocenters. The van der Waals surface area contributed by atoms with Gasteiger partial charge in [-0.1, -0.05) is 25.5 Å². The number of carbonyl (C=O) groups excluding carboxylic acids is 1. The van der Waals surface area contributed by atoms with Gasteiger partial charge in [0.15, 0.2) is 0 Å². The lowest BCUT2D eigenvalue weighted by Crippen LogP contribution is -2.30. The van der Waals surface area contributed by atoms with Crippen molar-refractivity contribution in [1.29, 1.82) is 0 Å². The largest absolute Gasteiger partial charge is 0.496 e. The molecule has 1 heterocycles. The number of morpholine rings is 1. The molecule has 1 atom stereocenters. The highest BCUT2D eigenvalue weighted by molar-refractivity contribution is 5.49. The molecular formula is C23H40N2O4. The van der Waals surface area contributed by atoms with E-state index < -0.39 is 0 Å². The first-order valence-electron chi connectivity index (χ1n) is 10.8. The number of hydrogen-bond acceptors (Lipinski definition) is 5. The summed E-state index contributed by atoms with van der Waals surface area (Å²) in [6.07, 6.45) is 6.14. The fourth-order valence-electron chi connectivity index (χ4n) is 3.20. The summed E-state index contributed by atoms with van der Waals surface area (Å²) in [5.74, 6) is 0.921. The van der Waals surface area contributed by atoms with E-state index in [4.69, 9.17) is 14.2 Å². The number of aryl methyl sites for hydroxylation is 1. The molecule has 1 fully saturated rings. The minimum Gasteiger partial charge on any atom is -0.496 e. The summed E-state index contributed by atoms with van der Waals surface area (Å²) in [6.45, 7) is 9.64. The van der Waals surface area contributed by atoms with Gasteiger partial charge in [0, 0.05) is 33.4 Å². The minimum atomic E-state index is 0.0858. The van der Waals surface area contributed by atoms with E-state index >= 15 is 0 Å². The second kappa shape index (κ2) is 16.2. The summed E-state index contributed by atoms with van der Waals surface area (Å²) in [5, 5.41) is 3.16. The number of carbonyl (C=O) groups is 1. The van der Waals surface area contributed by atoms with Crippen LogP contribution < -0.4 is 10.1 Å². The Hall–Kier alpha value is -1.63. The standard InChI is InChI=1S/C19H31NO3.C4H9NO/c1-5-6-12-20(15-21)16(2)17-10-11-19(23-4)18(14-17)9-7-8-13-22-3;1-3-6-4-2-5-1/h10-11,14-16H,5-9,12-13H2,1-4H3;5H,1-4H2. The van der Waals surface area contributed by atoms with Gasteiger partial charge in [0.2, 0.25) is 6.41 Å². The van der Waals surface area contributed by atoms with E-state index in [0.29, 0.717) is 0 Å². The number of nitrogens with one attached hydrogen (secondary N) is 1. The van der Waals surface area contributed by atoms with Crippen molar-refractivity contribution in [3.05, 3.63) is 29.3 Å². The quantitative estimate of drug-likeness (QED) is 0.423. The van der Waals surface area contributed by atoms with E-state index in [-0.39, 0.29) is 6.04 Å². The molecule has 6 heteroatoms. The minimum absolute atomic E-state index is 0.0858. The van der Waals surface area contributed by atoms with Crippen LogP contribution in [0.15, 0.2) is 18.2 Å². The van der Waals surface area contributed by atoms with Gasteiger partial charge in [-0.3, -0.25) is 4.79 Å². The molecule has 1 N–H and O–H groups in total. The van der Waals surface area contributed by atoms with Gasteiger partial charge in [0.25, 0.3) is 0 Å². The molecule has 0 bridgehead atoms. The second-order valence-electron chi connectivity index (χ2n) is 7.26. The SMILES string of the molecule is C1COCCN1.CCCCN(C=O)C(C)c1ccc(OC)c(CCCCOC)c1. The van der Waals surface area contributed by atoms with Crippen LogP contribution in [0.25, 0.3) is 0 Å². The summed E-state index contributed by atoms with van der Waals surface area (Å²) in [4.78, 5) is 13.2. The smallest absolute Gasteiger partial charge is 0.210 e. The van der Waals surface area contributed by atoms with Crippen molar-refractivity contribution in [2.75, 3.05) is 53.7 Å². The Balaban J connectivity index is 0.000000594. The first-order valence-corrected chi connectivity index (χ1v) is 10.8. The molecule has 1 amide bonds. The number of amides is 1. The van der Waals surface area contributed by atoms with Crippen LogP contribution in [0.2, 0.25) is 0 Å². The van der Waals surface area contributed by atoms with Crippen LogP contribution in [0, 0.1) is 0 Å². The van der Waals surface area contributed by atoms with Crippen molar-refractivity contribution >= 4 is 6.41 Å². The van der Waals surface area contributed by atoms with Gasteiger partial charge < -0.3 is 24.4 Å². The Morgan fingerprint density at radius 2 is 1.97 bits per heavy atom. The van der Waals surface area contributed by atoms with Crippen LogP contribution in [-0.4, -0.2) is 65.0 Å². The lowest BCUT2D eigenvalue weighted by molar-refractivity contribution is -0.120. The molecule has 1 aromatic carbocycles. The molecule has 166 valence electrons. The Morgan fingerprint density at radius 3 is 2.48 bits per heavy atom. The Morgan fingerprint density at radius 1 is 1.21 bits per heavy atom. The van der Waals surface area contributed by atoms with Gasteiger partial charge in [-0.15, -0.1) is 0 Å². The van der Waals surface area contributed by atoms with Crippen molar-refractivity contribution in [1.82, 2.24) is 10.2 Å². The molecule has 0 saturated carbocycles. The van der Waals surface area contributed by atoms with Crippen molar-refractivity contribution in [3.8, 4) is 5.75 Å². The summed E-state index contributed by atoms with van der Waals surface area (Å²) in [6, 6.07) is 6.34. The number of methoxy groups -OCH3 is 2. The van der Waals surface area contributed by atoms with Crippen molar-refractivity contribution < 1.29 is 19.0 Å². The van der Waals surface area contributed by atoms with Gasteiger partial charge in [-0.05, 0) is 49.8 Å². The highest BCUT2D eigenvalue weighted by Crippen LogP contribution is 2.27. The zero-order chi connectivity index (χ0) is 21.3. The maximum Gasteiger partial charge on any atom is 0.210 e. The molecule has 1 aliphatic rings. The monoisotopic (exact) mass is 408 g/mol. The van der Waals surface area contributed by atoms with Gasteiger partial charge >= 0.3 is 0 Å². The highest BCUT2D eigenvalue weighted by Gasteiger charge is 2.15. The van der Waals surface area contributed by atoms with Gasteiger partial charge in [-0.2, -0.15) is 0 Å². The van der Waals surface area contributed by atoms with E-state index in [1.54, 1.807) is 14.2 Å². The molecule has 1 saturated heterocycles. The van der Waals surface area contributed by atoms with Crippen molar-refractivity contribution in [2.45, 2.75) is 52.0 Å². The third-order valence-electron chi connectivity index (χ3n) is 5.08.